The molecule has 0 saturated heterocycles. The van der Waals surface area contributed by atoms with Gasteiger partial charge in [0.1, 0.15) is 0 Å². The van der Waals surface area contributed by atoms with E-state index < -0.39 is 0 Å². The van der Waals surface area contributed by atoms with E-state index in [0.717, 1.165) is 0 Å². The van der Waals surface area contributed by atoms with Crippen molar-refractivity contribution in [3.8, 4) is 33.4 Å². The quantitative estimate of drug-likeness (QED) is 0.157. The summed E-state index contributed by atoms with van der Waals surface area (Å²) in [4.78, 5) is 0. The molecule has 2 heterocycles. The predicted octanol–water partition coefficient (Wildman–Crippen LogP) is 17.2. The minimum absolute atomic E-state index is 1.24. The second-order valence-electron chi connectivity index (χ2n) is 15.5. The van der Waals surface area contributed by atoms with E-state index in [-0.39, 0.29) is 0 Å². The zero-order valence-corrected chi connectivity index (χ0v) is 32.9. The first-order chi connectivity index (χ1) is 28.7. The number of hydrogen-bond acceptors (Lipinski definition) is 2. The van der Waals surface area contributed by atoms with Gasteiger partial charge in [-0.05, 0) is 118 Å². The third-order valence-electron chi connectivity index (χ3n) is 12.4. The van der Waals surface area contributed by atoms with Crippen LogP contribution in [0.4, 0.5) is 0 Å². The fourth-order valence-corrected chi connectivity index (χ4v) is 12.4. The van der Waals surface area contributed by atoms with Gasteiger partial charge in [-0.15, -0.1) is 22.7 Å². The van der Waals surface area contributed by atoms with Crippen molar-refractivity contribution >= 4 is 117 Å². The molecule has 0 aliphatic rings. The van der Waals surface area contributed by atoms with E-state index in [1.54, 1.807) is 0 Å². The number of rotatable bonds is 3. The van der Waals surface area contributed by atoms with Crippen LogP contribution in [0.3, 0.4) is 0 Å². The van der Waals surface area contributed by atoms with Gasteiger partial charge in [-0.2, -0.15) is 0 Å². The van der Waals surface area contributed by atoms with Crippen LogP contribution in [0.2, 0.25) is 0 Å². The van der Waals surface area contributed by atoms with E-state index in [1.165, 1.54) is 128 Å². The topological polar surface area (TPSA) is 0 Å². The molecule has 13 rings (SSSR count). The van der Waals surface area contributed by atoms with Crippen molar-refractivity contribution < 1.29 is 0 Å². The molecule has 0 aliphatic carbocycles. The number of fused-ring (bicyclic) bond motifs is 12. The minimum Gasteiger partial charge on any atom is -0.134 e. The van der Waals surface area contributed by atoms with Crippen LogP contribution in [0.5, 0.6) is 0 Å². The zero-order valence-electron chi connectivity index (χ0n) is 31.3. The Balaban J connectivity index is 1.01. The third kappa shape index (κ3) is 4.68. The molecule has 0 N–H and O–H groups in total. The van der Waals surface area contributed by atoms with Crippen molar-refractivity contribution in [1.82, 2.24) is 0 Å². The molecule has 0 nitrogen and oxygen atoms in total. The van der Waals surface area contributed by atoms with Crippen LogP contribution >= 0.6 is 22.7 Å². The highest BCUT2D eigenvalue weighted by Crippen LogP contribution is 2.50. The van der Waals surface area contributed by atoms with Gasteiger partial charge in [0, 0.05) is 45.9 Å². The van der Waals surface area contributed by atoms with Crippen LogP contribution in [0.15, 0.2) is 194 Å². The van der Waals surface area contributed by atoms with E-state index >= 15 is 0 Å². The fraction of sp³-hybridized carbons (Fsp3) is 0. The summed E-state index contributed by atoms with van der Waals surface area (Å²) in [6.07, 6.45) is 0. The first kappa shape index (κ1) is 32.3. The number of thiophene rings is 2. The van der Waals surface area contributed by atoms with Crippen LogP contribution in [-0.4, -0.2) is 0 Å². The fourth-order valence-electron chi connectivity index (χ4n) is 9.78. The van der Waals surface area contributed by atoms with Gasteiger partial charge in [0.2, 0.25) is 0 Å². The highest BCUT2D eigenvalue weighted by Gasteiger charge is 2.20. The van der Waals surface area contributed by atoms with Crippen molar-refractivity contribution in [3.63, 3.8) is 0 Å². The van der Waals surface area contributed by atoms with E-state index in [2.05, 4.69) is 194 Å². The minimum atomic E-state index is 1.24. The Hall–Kier alpha value is -6.84. The standard InChI is InChI=1S/C56H32S2/c1-2-12-34-29-38(24-21-33(34)11-1)51-43-16-5-7-18-45(43)52(46-19-8-6-17-44(46)51)39-25-22-36-31-40(26-23-35(36)30-39)53-41-14-4-3-13-37(41)32-48-54-50(58-56(48)53)28-27-47-42-15-9-10-20-49(42)57-55(47)54/h1-32H. The molecule has 0 radical (unpaired) electrons. The Bertz CT molecular complexity index is 3800. The van der Waals surface area contributed by atoms with Crippen LogP contribution in [0.1, 0.15) is 0 Å². The lowest BCUT2D eigenvalue weighted by atomic mass is 9.85. The SMILES string of the molecule is c1ccc2cc(-c3c4ccccc4c(-c4ccc5cc(-c6c7ccccc7cc7c6sc6ccc8c9ccccc9sc8c67)ccc5c4)c4ccccc34)ccc2c1. The summed E-state index contributed by atoms with van der Waals surface area (Å²) in [5, 5.41) is 18.1. The molecule has 2 heteroatoms. The molecule has 0 atom stereocenters. The molecular weight excluding hydrogens is 737 g/mol. The molecule has 268 valence electrons. The van der Waals surface area contributed by atoms with E-state index in [1.807, 2.05) is 22.7 Å². The summed E-state index contributed by atoms with van der Waals surface area (Å²) in [6, 6.07) is 72.6. The van der Waals surface area contributed by atoms with Gasteiger partial charge in [0.15, 0.2) is 0 Å². The molecule has 58 heavy (non-hydrogen) atoms. The Morgan fingerprint density at radius 3 is 1.34 bits per heavy atom. The van der Waals surface area contributed by atoms with Crippen LogP contribution < -0.4 is 0 Å². The summed E-state index contributed by atoms with van der Waals surface area (Å²) in [5.41, 5.74) is 7.66. The first-order valence-corrected chi connectivity index (χ1v) is 21.5. The molecule has 0 aliphatic heterocycles. The molecule has 0 bridgehead atoms. The predicted molar refractivity (Wildman–Crippen MR) is 256 cm³/mol. The van der Waals surface area contributed by atoms with E-state index in [0.29, 0.717) is 0 Å². The smallest absolute Gasteiger partial charge is 0.0448 e. The summed E-state index contributed by atoms with van der Waals surface area (Å²) in [5.74, 6) is 0. The Labute approximate surface area is 342 Å². The Morgan fingerprint density at radius 1 is 0.241 bits per heavy atom. The van der Waals surface area contributed by atoms with E-state index in [9.17, 15) is 0 Å². The number of hydrogen-bond donors (Lipinski definition) is 0. The summed E-state index contributed by atoms with van der Waals surface area (Å²) in [7, 11) is 0. The van der Waals surface area contributed by atoms with Gasteiger partial charge < -0.3 is 0 Å². The van der Waals surface area contributed by atoms with Crippen molar-refractivity contribution in [1.29, 1.82) is 0 Å². The Kier molecular flexibility index (Phi) is 6.86. The second kappa shape index (κ2) is 12.3. The molecule has 11 aromatic carbocycles. The van der Waals surface area contributed by atoms with Crippen LogP contribution in [0, 0.1) is 0 Å². The van der Waals surface area contributed by atoms with Crippen LogP contribution in [-0.2, 0) is 0 Å². The molecular formula is C56H32S2. The van der Waals surface area contributed by atoms with Crippen LogP contribution in [0.25, 0.3) is 128 Å². The van der Waals surface area contributed by atoms with Gasteiger partial charge in [0.05, 0.1) is 0 Å². The third-order valence-corrected chi connectivity index (χ3v) is 14.8. The molecule has 0 fully saturated rings. The normalized spacial score (nSPS) is 12.1. The van der Waals surface area contributed by atoms with Gasteiger partial charge in [0.25, 0.3) is 0 Å². The maximum atomic E-state index is 2.43. The van der Waals surface area contributed by atoms with E-state index in [4.69, 9.17) is 0 Å². The summed E-state index contributed by atoms with van der Waals surface area (Å²) >= 11 is 3.86. The maximum absolute atomic E-state index is 2.43. The summed E-state index contributed by atoms with van der Waals surface area (Å²) in [6.45, 7) is 0. The van der Waals surface area contributed by atoms with Crippen molar-refractivity contribution in [2.45, 2.75) is 0 Å². The largest absolute Gasteiger partial charge is 0.134 e. The Morgan fingerprint density at radius 2 is 0.707 bits per heavy atom. The highest BCUT2D eigenvalue weighted by atomic mass is 32.1. The molecule has 13 aromatic rings. The second-order valence-corrected chi connectivity index (χ2v) is 17.6. The monoisotopic (exact) mass is 768 g/mol. The maximum Gasteiger partial charge on any atom is 0.0448 e. The molecule has 0 spiro atoms. The lowest BCUT2D eigenvalue weighted by Crippen LogP contribution is -1.91. The van der Waals surface area contributed by atoms with Crippen molar-refractivity contribution in [2.75, 3.05) is 0 Å². The average Bonchev–Trinajstić information content (AvgIpc) is 3.85. The molecule has 0 saturated carbocycles. The van der Waals surface area contributed by atoms with Gasteiger partial charge in [-0.1, -0.05) is 158 Å². The van der Waals surface area contributed by atoms with Crippen molar-refractivity contribution in [3.05, 3.63) is 194 Å². The molecule has 0 amide bonds. The zero-order chi connectivity index (χ0) is 37.9. The lowest BCUT2D eigenvalue weighted by Gasteiger charge is -2.18. The van der Waals surface area contributed by atoms with Gasteiger partial charge >= 0.3 is 0 Å². The van der Waals surface area contributed by atoms with Crippen molar-refractivity contribution in [2.24, 2.45) is 0 Å². The average molecular weight is 769 g/mol. The first-order valence-electron chi connectivity index (χ1n) is 19.9. The highest BCUT2D eigenvalue weighted by molar-refractivity contribution is 7.30. The molecule has 2 aromatic heterocycles. The lowest BCUT2D eigenvalue weighted by molar-refractivity contribution is 1.68. The number of benzene rings is 11. The summed E-state index contributed by atoms with van der Waals surface area (Å²) < 4.78 is 5.45. The molecule has 0 unspecified atom stereocenters. The van der Waals surface area contributed by atoms with Gasteiger partial charge in [-0.3, -0.25) is 0 Å². The van der Waals surface area contributed by atoms with Gasteiger partial charge in [-0.25, -0.2) is 0 Å².